The van der Waals surface area contributed by atoms with Crippen LogP contribution in [0.2, 0.25) is 0 Å². The molecule has 0 radical (unpaired) electrons. The molecule has 1 amide bonds. The summed E-state index contributed by atoms with van der Waals surface area (Å²) in [6.07, 6.45) is 0.934. The van der Waals surface area contributed by atoms with Crippen LogP contribution >= 0.6 is 0 Å². The van der Waals surface area contributed by atoms with Gasteiger partial charge in [-0.05, 0) is 30.5 Å². The van der Waals surface area contributed by atoms with Crippen molar-refractivity contribution in [3.63, 3.8) is 0 Å². The third-order valence-corrected chi connectivity index (χ3v) is 3.77. The normalized spacial score (nSPS) is 21.4. The Balaban J connectivity index is 2.21. The molecular formula is C16H20N2O2. The summed E-state index contributed by atoms with van der Waals surface area (Å²) in [5.41, 5.74) is 6.75. The van der Waals surface area contributed by atoms with Crippen LogP contribution in [-0.2, 0) is 0 Å². The fourth-order valence-corrected chi connectivity index (χ4v) is 2.59. The molecule has 2 rings (SSSR count). The van der Waals surface area contributed by atoms with E-state index < -0.39 is 0 Å². The summed E-state index contributed by atoms with van der Waals surface area (Å²) in [6, 6.07) is 7.16. The van der Waals surface area contributed by atoms with Gasteiger partial charge in [0.25, 0.3) is 5.91 Å². The van der Waals surface area contributed by atoms with E-state index in [1.807, 2.05) is 12.1 Å². The van der Waals surface area contributed by atoms with Crippen molar-refractivity contribution in [1.82, 2.24) is 4.90 Å². The highest BCUT2D eigenvalue weighted by Crippen LogP contribution is 2.25. The Morgan fingerprint density at radius 2 is 2.35 bits per heavy atom. The molecule has 1 aromatic carbocycles. The topological polar surface area (TPSA) is 66.6 Å². The van der Waals surface area contributed by atoms with Crippen LogP contribution in [0.1, 0.15) is 29.3 Å². The monoisotopic (exact) mass is 272 g/mol. The zero-order valence-electron chi connectivity index (χ0n) is 11.7. The van der Waals surface area contributed by atoms with Crippen LogP contribution < -0.4 is 5.73 Å². The maximum atomic E-state index is 12.5. The molecule has 1 aliphatic rings. The molecule has 0 spiro atoms. The highest BCUT2D eigenvalue weighted by Gasteiger charge is 2.34. The molecule has 0 bridgehead atoms. The van der Waals surface area contributed by atoms with Crippen molar-refractivity contribution in [2.24, 2.45) is 11.7 Å². The van der Waals surface area contributed by atoms with Crippen LogP contribution in [0.3, 0.4) is 0 Å². The fraction of sp³-hybridized carbons (Fsp3) is 0.438. The van der Waals surface area contributed by atoms with Crippen LogP contribution in [0.25, 0.3) is 0 Å². The minimum Gasteiger partial charge on any atom is -0.394 e. The zero-order valence-corrected chi connectivity index (χ0v) is 11.7. The molecular weight excluding hydrogens is 252 g/mol. The number of rotatable bonds is 2. The predicted octanol–water partition coefficient (Wildman–Crippen LogP) is 0.840. The highest BCUT2D eigenvalue weighted by molar-refractivity contribution is 5.95. The summed E-state index contributed by atoms with van der Waals surface area (Å²) < 4.78 is 0. The van der Waals surface area contributed by atoms with Crippen molar-refractivity contribution in [1.29, 1.82) is 0 Å². The van der Waals surface area contributed by atoms with Crippen LogP contribution in [0.5, 0.6) is 0 Å². The van der Waals surface area contributed by atoms with Gasteiger partial charge >= 0.3 is 0 Å². The molecule has 1 aliphatic heterocycles. The van der Waals surface area contributed by atoms with Crippen LogP contribution in [-0.4, -0.2) is 41.7 Å². The maximum Gasteiger partial charge on any atom is 0.254 e. The van der Waals surface area contributed by atoms with E-state index in [4.69, 9.17) is 5.73 Å². The lowest BCUT2D eigenvalue weighted by molar-refractivity contribution is 0.0648. The summed E-state index contributed by atoms with van der Waals surface area (Å²) >= 11 is 0. The second-order valence-electron chi connectivity index (χ2n) is 5.10. The number of amides is 1. The molecule has 1 fully saturated rings. The first-order valence-electron chi connectivity index (χ1n) is 6.88. The van der Waals surface area contributed by atoms with Gasteiger partial charge in [0.05, 0.1) is 19.2 Å². The standard InChI is InChI=1S/C16H20N2O2/c1-12-7-9-18(15(12)11-19)16(20)14-6-2-4-13(10-14)5-3-8-17/h2,4,6,10,12,15,19H,7-9,11,17H2,1H3. The first-order chi connectivity index (χ1) is 9.67. The van der Waals surface area contributed by atoms with Crippen molar-refractivity contribution in [3.05, 3.63) is 35.4 Å². The summed E-state index contributed by atoms with van der Waals surface area (Å²) in [5, 5.41) is 9.44. The van der Waals surface area contributed by atoms with Crippen molar-refractivity contribution in [2.75, 3.05) is 19.7 Å². The van der Waals surface area contributed by atoms with E-state index in [-0.39, 0.29) is 18.6 Å². The van der Waals surface area contributed by atoms with E-state index in [1.165, 1.54) is 0 Å². The van der Waals surface area contributed by atoms with Gasteiger partial charge in [-0.25, -0.2) is 0 Å². The molecule has 0 aromatic heterocycles. The SMILES string of the molecule is CC1CCN(C(=O)c2cccc(C#CCN)c2)C1CO. The van der Waals surface area contributed by atoms with Gasteiger partial charge in [0, 0.05) is 17.7 Å². The Hall–Kier alpha value is -1.83. The van der Waals surface area contributed by atoms with Gasteiger partial charge < -0.3 is 15.7 Å². The molecule has 1 aromatic rings. The van der Waals surface area contributed by atoms with Crippen LogP contribution in [0.4, 0.5) is 0 Å². The fourth-order valence-electron chi connectivity index (χ4n) is 2.59. The van der Waals surface area contributed by atoms with Gasteiger partial charge in [-0.3, -0.25) is 4.79 Å². The van der Waals surface area contributed by atoms with Gasteiger partial charge in [0.2, 0.25) is 0 Å². The number of hydrogen-bond donors (Lipinski definition) is 2. The second-order valence-corrected chi connectivity index (χ2v) is 5.10. The summed E-state index contributed by atoms with van der Waals surface area (Å²) in [5.74, 6) is 6.01. The minimum absolute atomic E-state index is 0.0135. The molecule has 1 saturated heterocycles. The summed E-state index contributed by atoms with van der Waals surface area (Å²) in [6.45, 7) is 3.08. The van der Waals surface area contributed by atoms with E-state index in [1.54, 1.807) is 17.0 Å². The third-order valence-electron chi connectivity index (χ3n) is 3.77. The van der Waals surface area contributed by atoms with Crippen LogP contribution in [0.15, 0.2) is 24.3 Å². The summed E-state index contributed by atoms with van der Waals surface area (Å²) in [4.78, 5) is 14.3. The van der Waals surface area contributed by atoms with Crippen molar-refractivity contribution < 1.29 is 9.90 Å². The zero-order chi connectivity index (χ0) is 14.5. The molecule has 20 heavy (non-hydrogen) atoms. The van der Waals surface area contributed by atoms with Crippen molar-refractivity contribution in [2.45, 2.75) is 19.4 Å². The molecule has 0 saturated carbocycles. The third kappa shape index (κ3) is 3.01. The maximum absolute atomic E-state index is 12.5. The quantitative estimate of drug-likeness (QED) is 0.784. The Bertz CT molecular complexity index is 545. The largest absolute Gasteiger partial charge is 0.394 e. The number of aliphatic hydroxyl groups is 1. The Morgan fingerprint density at radius 1 is 1.55 bits per heavy atom. The Labute approximate surface area is 119 Å². The lowest BCUT2D eigenvalue weighted by Crippen LogP contribution is -2.39. The van der Waals surface area contributed by atoms with Gasteiger partial charge in [-0.1, -0.05) is 24.8 Å². The highest BCUT2D eigenvalue weighted by atomic mass is 16.3. The van der Waals surface area contributed by atoms with Gasteiger partial charge in [-0.2, -0.15) is 0 Å². The number of carbonyl (C=O) groups excluding carboxylic acids is 1. The van der Waals surface area contributed by atoms with Crippen molar-refractivity contribution >= 4 is 5.91 Å². The van der Waals surface area contributed by atoms with E-state index in [0.29, 0.717) is 24.6 Å². The number of nitrogens with two attached hydrogens (primary N) is 1. The Kier molecular flexibility index (Phi) is 4.78. The Morgan fingerprint density at radius 3 is 3.05 bits per heavy atom. The number of likely N-dealkylation sites (tertiary alicyclic amines) is 1. The van der Waals surface area contributed by atoms with E-state index >= 15 is 0 Å². The number of aliphatic hydroxyl groups excluding tert-OH is 1. The molecule has 4 nitrogen and oxygen atoms in total. The molecule has 2 atom stereocenters. The molecule has 4 heteroatoms. The predicted molar refractivity (Wildman–Crippen MR) is 78.1 cm³/mol. The average molecular weight is 272 g/mol. The van der Waals surface area contributed by atoms with Gasteiger partial charge in [0.1, 0.15) is 0 Å². The minimum atomic E-state index is -0.0821. The first kappa shape index (κ1) is 14.6. The van der Waals surface area contributed by atoms with E-state index in [0.717, 1.165) is 12.0 Å². The van der Waals surface area contributed by atoms with E-state index in [9.17, 15) is 9.90 Å². The number of benzene rings is 1. The number of carbonyl (C=O) groups is 1. The molecule has 106 valence electrons. The molecule has 1 heterocycles. The lowest BCUT2D eigenvalue weighted by Gasteiger charge is -2.25. The average Bonchev–Trinajstić information content (AvgIpc) is 2.85. The lowest BCUT2D eigenvalue weighted by atomic mass is 10.0. The number of nitrogens with zero attached hydrogens (tertiary/aromatic N) is 1. The molecule has 2 unspecified atom stereocenters. The van der Waals surface area contributed by atoms with Gasteiger partial charge in [-0.15, -0.1) is 0 Å². The molecule has 3 N–H and O–H groups in total. The van der Waals surface area contributed by atoms with Gasteiger partial charge in [0.15, 0.2) is 0 Å². The molecule has 0 aliphatic carbocycles. The summed E-state index contributed by atoms with van der Waals surface area (Å²) in [7, 11) is 0. The smallest absolute Gasteiger partial charge is 0.254 e. The van der Waals surface area contributed by atoms with E-state index in [2.05, 4.69) is 18.8 Å². The van der Waals surface area contributed by atoms with Crippen LogP contribution in [0, 0.1) is 17.8 Å². The second kappa shape index (κ2) is 6.56. The first-order valence-corrected chi connectivity index (χ1v) is 6.88. The van der Waals surface area contributed by atoms with Crippen molar-refractivity contribution in [3.8, 4) is 11.8 Å². The number of hydrogen-bond acceptors (Lipinski definition) is 3.